The standard InChI is InChI=1S/C29H26N2O3/c1-18-8-7-13-25-24-16-20(19-9-3-2-4-10-19)14-15-21(24)17-26(29(34)30(18)25)31-27(32)22-11-5-6-12-23(22)28(31)33/h2-6,9-12,14-16,18,25-26H,7-8,13,17H2,1H3/t18-,25-,26+/m1/s1. The van der Waals surface area contributed by atoms with E-state index in [1.54, 1.807) is 24.3 Å². The second-order valence-corrected chi connectivity index (χ2v) is 9.57. The fourth-order valence-electron chi connectivity index (χ4n) is 5.93. The zero-order chi connectivity index (χ0) is 23.4. The van der Waals surface area contributed by atoms with Crippen molar-refractivity contribution < 1.29 is 14.4 Å². The van der Waals surface area contributed by atoms with Gasteiger partial charge in [0.1, 0.15) is 6.04 Å². The third kappa shape index (κ3) is 3.11. The number of hydrogen-bond donors (Lipinski definition) is 0. The lowest BCUT2D eigenvalue weighted by Crippen LogP contribution is -2.54. The molecule has 6 rings (SSSR count). The van der Waals surface area contributed by atoms with Crippen LogP contribution in [0.3, 0.4) is 0 Å². The molecular weight excluding hydrogens is 424 g/mol. The molecule has 3 aromatic rings. The Morgan fingerprint density at radius 1 is 0.735 bits per heavy atom. The van der Waals surface area contributed by atoms with Crippen LogP contribution >= 0.6 is 0 Å². The third-order valence-electron chi connectivity index (χ3n) is 7.61. The molecule has 3 aliphatic heterocycles. The highest BCUT2D eigenvalue weighted by atomic mass is 16.2. The van der Waals surface area contributed by atoms with Gasteiger partial charge in [0.25, 0.3) is 11.8 Å². The number of benzene rings is 3. The van der Waals surface area contributed by atoms with E-state index in [1.807, 2.05) is 23.1 Å². The highest BCUT2D eigenvalue weighted by Crippen LogP contribution is 2.42. The minimum absolute atomic E-state index is 0.0462. The number of hydrogen-bond acceptors (Lipinski definition) is 3. The smallest absolute Gasteiger partial charge is 0.262 e. The number of piperidine rings is 1. The summed E-state index contributed by atoms with van der Waals surface area (Å²) in [6.45, 7) is 2.08. The van der Waals surface area contributed by atoms with Crippen LogP contribution in [0.2, 0.25) is 0 Å². The average molecular weight is 451 g/mol. The second-order valence-electron chi connectivity index (χ2n) is 9.57. The summed E-state index contributed by atoms with van der Waals surface area (Å²) in [5.41, 5.74) is 5.19. The minimum Gasteiger partial charge on any atom is -0.331 e. The van der Waals surface area contributed by atoms with E-state index >= 15 is 0 Å². The zero-order valence-electron chi connectivity index (χ0n) is 19.1. The monoisotopic (exact) mass is 450 g/mol. The van der Waals surface area contributed by atoms with Crippen molar-refractivity contribution in [3.8, 4) is 11.1 Å². The number of amides is 3. The Labute approximate surface area is 199 Å². The van der Waals surface area contributed by atoms with Gasteiger partial charge < -0.3 is 4.90 Å². The van der Waals surface area contributed by atoms with Crippen LogP contribution in [0.4, 0.5) is 0 Å². The largest absolute Gasteiger partial charge is 0.331 e. The maximum atomic E-state index is 14.0. The van der Waals surface area contributed by atoms with Gasteiger partial charge in [0.05, 0.1) is 17.2 Å². The van der Waals surface area contributed by atoms with Gasteiger partial charge >= 0.3 is 0 Å². The summed E-state index contributed by atoms with van der Waals surface area (Å²) in [7, 11) is 0. The van der Waals surface area contributed by atoms with Gasteiger partial charge in [-0.15, -0.1) is 0 Å². The maximum Gasteiger partial charge on any atom is 0.262 e. The SMILES string of the molecule is C[C@@H]1CCC[C@@H]2c3cc(-c4ccccc4)ccc3C[C@H](N3C(=O)c4ccccc4C3=O)C(=O)N12. The molecule has 3 amide bonds. The lowest BCUT2D eigenvalue weighted by Gasteiger charge is -2.42. The molecular formula is C29H26N2O3. The van der Waals surface area contributed by atoms with E-state index < -0.39 is 6.04 Å². The fraction of sp³-hybridized carbons (Fsp3) is 0.276. The van der Waals surface area contributed by atoms with E-state index in [9.17, 15) is 14.4 Å². The first-order valence-electron chi connectivity index (χ1n) is 12.0. The highest BCUT2D eigenvalue weighted by Gasteiger charge is 2.48. The van der Waals surface area contributed by atoms with Crippen LogP contribution in [0, 0.1) is 0 Å². The van der Waals surface area contributed by atoms with E-state index in [1.165, 1.54) is 4.90 Å². The van der Waals surface area contributed by atoms with Crippen LogP contribution in [-0.2, 0) is 11.2 Å². The Kier molecular flexibility index (Phi) is 4.87. The van der Waals surface area contributed by atoms with Crippen LogP contribution in [0.1, 0.15) is 64.1 Å². The molecule has 170 valence electrons. The first-order chi connectivity index (χ1) is 16.5. The van der Waals surface area contributed by atoms with Gasteiger partial charge in [-0.3, -0.25) is 19.3 Å². The van der Waals surface area contributed by atoms with E-state index in [4.69, 9.17) is 0 Å². The van der Waals surface area contributed by atoms with Crippen molar-refractivity contribution in [3.05, 3.63) is 95.1 Å². The summed E-state index contributed by atoms with van der Waals surface area (Å²) in [4.78, 5) is 43.8. The number of nitrogens with zero attached hydrogens (tertiary/aromatic N) is 2. The summed E-state index contributed by atoms with van der Waals surface area (Å²) in [6, 6.07) is 22.6. The van der Waals surface area contributed by atoms with Crippen LogP contribution < -0.4 is 0 Å². The molecule has 5 nitrogen and oxygen atoms in total. The lowest BCUT2D eigenvalue weighted by molar-refractivity contribution is -0.141. The fourth-order valence-corrected chi connectivity index (χ4v) is 5.93. The van der Waals surface area contributed by atoms with Crippen LogP contribution in [0.25, 0.3) is 11.1 Å². The molecule has 0 bridgehead atoms. The molecule has 0 N–H and O–H groups in total. The summed E-state index contributed by atoms with van der Waals surface area (Å²) in [5, 5.41) is 0. The van der Waals surface area contributed by atoms with Gasteiger partial charge in [-0.05, 0) is 66.6 Å². The van der Waals surface area contributed by atoms with Crippen molar-refractivity contribution in [3.63, 3.8) is 0 Å². The molecule has 3 aromatic carbocycles. The Balaban J connectivity index is 1.47. The molecule has 0 spiro atoms. The zero-order valence-corrected chi connectivity index (χ0v) is 19.1. The first kappa shape index (κ1) is 20.8. The summed E-state index contributed by atoms with van der Waals surface area (Å²) in [6.07, 6.45) is 3.19. The van der Waals surface area contributed by atoms with E-state index in [2.05, 4.69) is 37.3 Å². The molecule has 34 heavy (non-hydrogen) atoms. The molecule has 0 radical (unpaired) electrons. The van der Waals surface area contributed by atoms with Crippen molar-refractivity contribution in [2.24, 2.45) is 0 Å². The Bertz CT molecular complexity index is 1280. The van der Waals surface area contributed by atoms with E-state index in [0.29, 0.717) is 17.5 Å². The summed E-state index contributed by atoms with van der Waals surface area (Å²) >= 11 is 0. The Morgan fingerprint density at radius 2 is 1.41 bits per heavy atom. The van der Waals surface area contributed by atoms with Crippen LogP contribution in [0.5, 0.6) is 0 Å². The highest BCUT2D eigenvalue weighted by molar-refractivity contribution is 6.23. The van der Waals surface area contributed by atoms with Gasteiger partial charge in [0.15, 0.2) is 0 Å². The van der Waals surface area contributed by atoms with Gasteiger partial charge in [-0.2, -0.15) is 0 Å². The van der Waals surface area contributed by atoms with Crippen LogP contribution in [-0.4, -0.2) is 39.6 Å². The van der Waals surface area contributed by atoms with Gasteiger partial charge in [0.2, 0.25) is 5.91 Å². The molecule has 0 aliphatic carbocycles. The van der Waals surface area contributed by atoms with Crippen molar-refractivity contribution in [2.75, 3.05) is 0 Å². The third-order valence-corrected chi connectivity index (χ3v) is 7.61. The number of fused-ring (bicyclic) bond motifs is 4. The van der Waals surface area contributed by atoms with Crippen molar-refractivity contribution in [1.82, 2.24) is 9.80 Å². The number of imide groups is 1. The molecule has 1 fully saturated rings. The molecule has 3 heterocycles. The van der Waals surface area contributed by atoms with Crippen molar-refractivity contribution >= 4 is 17.7 Å². The molecule has 0 aromatic heterocycles. The van der Waals surface area contributed by atoms with Crippen molar-refractivity contribution in [2.45, 2.75) is 50.7 Å². The van der Waals surface area contributed by atoms with E-state index in [-0.39, 0.29) is 29.8 Å². The number of carbonyl (C=O) groups is 3. The Morgan fingerprint density at radius 3 is 2.12 bits per heavy atom. The number of rotatable bonds is 2. The molecule has 1 saturated heterocycles. The van der Waals surface area contributed by atoms with E-state index in [0.717, 1.165) is 41.5 Å². The second kappa shape index (κ2) is 7.94. The Hall–Kier alpha value is -3.73. The van der Waals surface area contributed by atoms with Gasteiger partial charge in [0, 0.05) is 12.5 Å². The molecule has 5 heteroatoms. The minimum atomic E-state index is -0.834. The first-order valence-corrected chi connectivity index (χ1v) is 12.0. The molecule has 0 saturated carbocycles. The van der Waals surface area contributed by atoms with Gasteiger partial charge in [-0.1, -0.05) is 54.6 Å². The lowest BCUT2D eigenvalue weighted by atomic mass is 9.88. The summed E-state index contributed by atoms with van der Waals surface area (Å²) in [5.74, 6) is -0.863. The quantitative estimate of drug-likeness (QED) is 0.516. The summed E-state index contributed by atoms with van der Waals surface area (Å²) < 4.78 is 0. The average Bonchev–Trinajstić information content (AvgIpc) is 3.04. The topological polar surface area (TPSA) is 57.7 Å². The maximum absolute atomic E-state index is 14.0. The molecule has 0 unspecified atom stereocenters. The predicted molar refractivity (Wildman–Crippen MR) is 129 cm³/mol. The van der Waals surface area contributed by atoms with Gasteiger partial charge in [-0.25, -0.2) is 0 Å². The normalized spacial score (nSPS) is 23.9. The molecule has 3 atom stereocenters. The van der Waals surface area contributed by atoms with Crippen molar-refractivity contribution in [1.29, 1.82) is 0 Å². The predicted octanol–water partition coefficient (Wildman–Crippen LogP) is 5.02. The number of carbonyl (C=O) groups excluding carboxylic acids is 3. The molecule has 3 aliphatic rings. The van der Waals surface area contributed by atoms with Crippen LogP contribution in [0.15, 0.2) is 72.8 Å².